The third-order valence-electron chi connectivity index (χ3n) is 6.34. The number of hydrogen-bond acceptors (Lipinski definition) is 8. The molecule has 5 rings (SSSR count). The molecule has 0 saturated carbocycles. The number of amides is 1. The number of aromatic nitrogens is 2. The zero-order valence-electron chi connectivity index (χ0n) is 19.7. The summed E-state index contributed by atoms with van der Waals surface area (Å²) in [5.74, 6) is -1.87. The largest absolute Gasteiger partial charge is 0.420 e. The number of likely N-dealkylation sites (N-methyl/N-ethyl adjacent to an activating group) is 1. The second-order valence-electron chi connectivity index (χ2n) is 9.02. The number of thiophene rings is 1. The van der Waals surface area contributed by atoms with Crippen LogP contribution < -0.4 is 5.32 Å². The zero-order chi connectivity index (χ0) is 26.7. The molecule has 14 heteroatoms. The second kappa shape index (κ2) is 9.03. The fourth-order valence-corrected chi connectivity index (χ4v) is 7.32. The average Bonchev–Trinajstić information content (AvgIpc) is 3.26. The van der Waals surface area contributed by atoms with Gasteiger partial charge in [0.15, 0.2) is 9.84 Å². The van der Waals surface area contributed by atoms with E-state index in [-0.39, 0.29) is 38.6 Å². The molecule has 0 saturated heterocycles. The van der Waals surface area contributed by atoms with Gasteiger partial charge in [-0.15, -0.1) is 11.3 Å². The number of rotatable bonds is 3. The summed E-state index contributed by atoms with van der Waals surface area (Å²) in [7, 11) is -0.558. The van der Waals surface area contributed by atoms with Gasteiger partial charge >= 0.3 is 6.18 Å². The molecule has 2 aromatic heterocycles. The van der Waals surface area contributed by atoms with E-state index in [1.165, 1.54) is 18.0 Å². The first kappa shape index (κ1) is 25.5. The molecule has 0 radical (unpaired) electrons. The number of carbonyl (C=O) groups is 1. The van der Waals surface area contributed by atoms with Crippen molar-refractivity contribution in [3.05, 3.63) is 51.8 Å². The van der Waals surface area contributed by atoms with Crippen molar-refractivity contribution >= 4 is 38.7 Å². The van der Waals surface area contributed by atoms with Crippen molar-refractivity contribution in [1.29, 1.82) is 0 Å². The highest BCUT2D eigenvalue weighted by molar-refractivity contribution is 7.91. The lowest BCUT2D eigenvalue weighted by molar-refractivity contribution is -0.137. The summed E-state index contributed by atoms with van der Waals surface area (Å²) >= 11 is 0.616. The molecule has 4 heterocycles. The fourth-order valence-electron chi connectivity index (χ4n) is 4.29. The number of fused-ring (bicyclic) bond motifs is 2. The molecule has 0 spiro atoms. The molecular weight excluding hydrogens is 534 g/mol. The number of carbonyl (C=O) groups excluding carboxylic acids is 1. The minimum atomic E-state index is -4.86. The van der Waals surface area contributed by atoms with Gasteiger partial charge in [-0.05, 0) is 42.8 Å². The molecule has 0 aliphatic carbocycles. The highest BCUT2D eigenvalue weighted by atomic mass is 32.2. The Bertz CT molecular complexity index is 1520. The van der Waals surface area contributed by atoms with E-state index < -0.39 is 39.0 Å². The van der Waals surface area contributed by atoms with Gasteiger partial charge in [0.05, 0.1) is 26.9 Å². The lowest BCUT2D eigenvalue weighted by atomic mass is 9.99. The summed E-state index contributed by atoms with van der Waals surface area (Å²) in [6.45, 7) is 1.32. The number of halogens is 4. The van der Waals surface area contributed by atoms with Crippen LogP contribution in [0.4, 0.5) is 29.2 Å². The maximum absolute atomic E-state index is 14.8. The van der Waals surface area contributed by atoms with Gasteiger partial charge in [-0.2, -0.15) is 13.2 Å². The van der Waals surface area contributed by atoms with Crippen LogP contribution in [-0.4, -0.2) is 67.0 Å². The highest BCUT2D eigenvalue weighted by Crippen LogP contribution is 2.42. The first-order valence-electron chi connectivity index (χ1n) is 11.2. The van der Waals surface area contributed by atoms with Crippen LogP contribution in [0.25, 0.3) is 10.6 Å². The molecule has 0 atom stereocenters. The smallest absolute Gasteiger partial charge is 0.340 e. The molecule has 37 heavy (non-hydrogen) atoms. The summed E-state index contributed by atoms with van der Waals surface area (Å²) in [4.78, 5) is 23.0. The molecule has 8 nitrogen and oxygen atoms in total. The van der Waals surface area contributed by atoms with Crippen molar-refractivity contribution < 1.29 is 30.8 Å². The zero-order valence-corrected chi connectivity index (χ0v) is 21.3. The van der Waals surface area contributed by atoms with E-state index in [1.807, 2.05) is 11.9 Å². The average molecular weight is 556 g/mol. The number of alkyl halides is 3. The molecule has 1 aromatic carbocycles. The highest BCUT2D eigenvalue weighted by Gasteiger charge is 2.38. The molecule has 0 fully saturated rings. The van der Waals surface area contributed by atoms with Crippen LogP contribution in [0.15, 0.2) is 29.3 Å². The number of benzene rings is 1. The Morgan fingerprint density at radius 3 is 2.59 bits per heavy atom. The summed E-state index contributed by atoms with van der Waals surface area (Å²) in [5.41, 5.74) is -0.0728. The minimum Gasteiger partial charge on any atom is -0.340 e. The summed E-state index contributed by atoms with van der Waals surface area (Å²) in [5, 5.41) is 2.66. The Balaban J connectivity index is 1.59. The molecule has 2 aliphatic rings. The molecule has 0 unspecified atom stereocenters. The van der Waals surface area contributed by atoms with Gasteiger partial charge in [0.25, 0.3) is 5.91 Å². The summed E-state index contributed by atoms with van der Waals surface area (Å²) in [6.07, 6.45) is -3.63. The van der Waals surface area contributed by atoms with E-state index in [2.05, 4.69) is 15.3 Å². The Morgan fingerprint density at radius 2 is 1.86 bits per heavy atom. The summed E-state index contributed by atoms with van der Waals surface area (Å²) in [6, 6.07) is 4.01. The maximum Gasteiger partial charge on any atom is 0.420 e. The number of sulfone groups is 1. The van der Waals surface area contributed by atoms with Crippen LogP contribution in [0.2, 0.25) is 0 Å². The van der Waals surface area contributed by atoms with Crippen LogP contribution in [0.3, 0.4) is 0 Å². The first-order valence-corrected chi connectivity index (χ1v) is 13.6. The molecular formula is C23H21F4N5O3S2. The van der Waals surface area contributed by atoms with Gasteiger partial charge in [-0.25, -0.2) is 22.8 Å². The Hall–Kier alpha value is -3.10. The molecule has 2 aliphatic heterocycles. The van der Waals surface area contributed by atoms with Gasteiger partial charge in [-0.3, -0.25) is 4.79 Å². The number of hydrogen-bond donors (Lipinski definition) is 1. The SMILES string of the molecule is CN1CCc2cc(Nc3ncc(C(F)(F)F)c(-c4cc5c(s4)C(=O)N(C)CCS5(=O)=O)n3)c(F)cc2C1. The van der Waals surface area contributed by atoms with Gasteiger partial charge < -0.3 is 15.1 Å². The minimum absolute atomic E-state index is 0.00959. The van der Waals surface area contributed by atoms with Crippen molar-refractivity contribution in [1.82, 2.24) is 19.8 Å². The molecule has 0 bridgehead atoms. The third-order valence-corrected chi connectivity index (χ3v) is 9.31. The van der Waals surface area contributed by atoms with Crippen molar-refractivity contribution in [3.63, 3.8) is 0 Å². The van der Waals surface area contributed by atoms with Crippen molar-refractivity contribution in [2.24, 2.45) is 0 Å². The standard InChI is InChI=1S/C23H21F4N5O3S2/c1-31-4-3-12-8-16(15(24)7-13(12)11-31)29-22-28-10-14(23(25,26)27)19(30-22)17-9-18-20(36-17)21(33)32(2)5-6-37(18,34)35/h7-10H,3-6,11H2,1-2H3,(H,28,29,30). The van der Waals surface area contributed by atoms with Crippen LogP contribution in [-0.2, 0) is 29.0 Å². The fraction of sp³-hybridized carbons (Fsp3) is 0.348. The molecule has 3 aromatic rings. The van der Waals surface area contributed by atoms with Gasteiger partial charge in [0.1, 0.15) is 16.3 Å². The van der Waals surface area contributed by atoms with Gasteiger partial charge in [-0.1, -0.05) is 0 Å². The number of nitrogens with zero attached hydrogens (tertiary/aromatic N) is 4. The lowest BCUT2D eigenvalue weighted by Crippen LogP contribution is -2.27. The van der Waals surface area contributed by atoms with Crippen LogP contribution in [0.1, 0.15) is 26.4 Å². The van der Waals surface area contributed by atoms with E-state index in [0.717, 1.165) is 23.7 Å². The maximum atomic E-state index is 14.8. The van der Waals surface area contributed by atoms with Crippen LogP contribution in [0, 0.1) is 5.82 Å². The summed E-state index contributed by atoms with van der Waals surface area (Å²) < 4.78 is 81.8. The monoisotopic (exact) mass is 555 g/mol. The van der Waals surface area contributed by atoms with E-state index in [4.69, 9.17) is 0 Å². The van der Waals surface area contributed by atoms with E-state index >= 15 is 0 Å². The predicted molar refractivity (Wildman–Crippen MR) is 129 cm³/mol. The second-order valence-corrected chi connectivity index (χ2v) is 12.1. The first-order chi connectivity index (χ1) is 17.3. The third kappa shape index (κ3) is 4.80. The topological polar surface area (TPSA) is 95.5 Å². The number of anilines is 2. The predicted octanol–water partition coefficient (Wildman–Crippen LogP) is 3.95. The van der Waals surface area contributed by atoms with Gasteiger partial charge in [0, 0.05) is 32.9 Å². The Labute approximate surface area is 213 Å². The molecule has 196 valence electrons. The Kier molecular flexibility index (Phi) is 6.23. The van der Waals surface area contributed by atoms with Crippen LogP contribution >= 0.6 is 11.3 Å². The number of nitrogens with one attached hydrogen (secondary N) is 1. The van der Waals surface area contributed by atoms with Gasteiger partial charge in [0.2, 0.25) is 5.95 Å². The lowest BCUT2D eigenvalue weighted by Gasteiger charge is -2.25. The van der Waals surface area contributed by atoms with E-state index in [0.29, 0.717) is 30.5 Å². The Morgan fingerprint density at radius 1 is 1.11 bits per heavy atom. The van der Waals surface area contributed by atoms with E-state index in [9.17, 15) is 30.8 Å². The van der Waals surface area contributed by atoms with E-state index in [1.54, 1.807) is 6.07 Å². The quantitative estimate of drug-likeness (QED) is 0.489. The van der Waals surface area contributed by atoms with Crippen molar-refractivity contribution in [2.75, 3.05) is 38.3 Å². The molecule has 1 N–H and O–H groups in total. The van der Waals surface area contributed by atoms with Crippen LogP contribution in [0.5, 0.6) is 0 Å². The normalized spacial score (nSPS) is 17.8. The van der Waals surface area contributed by atoms with Crippen molar-refractivity contribution in [3.8, 4) is 10.6 Å². The molecule has 1 amide bonds. The van der Waals surface area contributed by atoms with Crippen molar-refractivity contribution in [2.45, 2.75) is 24.0 Å².